The highest BCUT2D eigenvalue weighted by Crippen LogP contribution is 2.25. The fraction of sp³-hybridized carbons (Fsp3) is 0.588. The molecule has 0 spiro atoms. The highest BCUT2D eigenvalue weighted by Gasteiger charge is 2.19. The molecule has 2 aromatic heterocycles. The molecule has 1 fully saturated rings. The van der Waals surface area contributed by atoms with Gasteiger partial charge in [-0.05, 0) is 51.1 Å². The number of nitrogens with one attached hydrogen (secondary N) is 3. The Morgan fingerprint density at radius 1 is 1.26 bits per heavy atom. The topological polar surface area (TPSA) is 78.5 Å². The number of rotatable bonds is 4. The van der Waals surface area contributed by atoms with Gasteiger partial charge in [0.05, 0.1) is 17.9 Å². The maximum atomic E-state index is 4.65. The number of piperidine rings is 1. The molecule has 4 rings (SSSR count). The van der Waals surface area contributed by atoms with Gasteiger partial charge in [0.25, 0.3) is 0 Å². The molecule has 6 nitrogen and oxygen atoms in total. The summed E-state index contributed by atoms with van der Waals surface area (Å²) in [5.74, 6) is 2.25. The van der Waals surface area contributed by atoms with E-state index < -0.39 is 0 Å². The van der Waals surface area contributed by atoms with E-state index in [0.717, 1.165) is 55.5 Å². The first-order valence-corrected chi connectivity index (χ1v) is 8.65. The summed E-state index contributed by atoms with van der Waals surface area (Å²) in [7, 11) is 0. The van der Waals surface area contributed by atoms with Gasteiger partial charge in [-0.3, -0.25) is 5.10 Å². The Kier molecular flexibility index (Phi) is 3.99. The summed E-state index contributed by atoms with van der Waals surface area (Å²) < 4.78 is 0. The van der Waals surface area contributed by atoms with Crippen molar-refractivity contribution in [1.82, 2.24) is 25.5 Å². The molecule has 23 heavy (non-hydrogen) atoms. The average Bonchev–Trinajstić information content (AvgIpc) is 3.17. The van der Waals surface area contributed by atoms with E-state index in [9.17, 15) is 0 Å². The minimum atomic E-state index is 0.501. The van der Waals surface area contributed by atoms with Gasteiger partial charge in [-0.15, -0.1) is 0 Å². The van der Waals surface area contributed by atoms with Crippen molar-refractivity contribution in [3.8, 4) is 0 Å². The Hall–Kier alpha value is -1.95. The van der Waals surface area contributed by atoms with E-state index in [1.54, 1.807) is 0 Å². The van der Waals surface area contributed by atoms with Crippen LogP contribution in [0.15, 0.2) is 6.07 Å². The fourth-order valence-corrected chi connectivity index (χ4v) is 3.70. The molecule has 1 aliphatic carbocycles. The molecule has 0 saturated carbocycles. The zero-order valence-electron chi connectivity index (χ0n) is 13.7. The first-order valence-electron chi connectivity index (χ1n) is 8.65. The van der Waals surface area contributed by atoms with Crippen molar-refractivity contribution in [2.75, 3.05) is 18.4 Å². The molecule has 3 heterocycles. The lowest BCUT2D eigenvalue weighted by Crippen LogP contribution is -2.29. The average molecular weight is 312 g/mol. The summed E-state index contributed by atoms with van der Waals surface area (Å²) in [6.45, 7) is 4.83. The standard InChI is InChI=1S/C17H24N6/c1-11-20-15(12-4-3-7-18-9-12)8-17(21-11)19-10-16-13-5-2-6-14(13)22-23-16/h8,12,18H,2-7,9-10H2,1H3,(H,22,23)(H,19,20,21). The van der Waals surface area contributed by atoms with Gasteiger partial charge in [0.15, 0.2) is 0 Å². The Morgan fingerprint density at radius 2 is 2.22 bits per heavy atom. The van der Waals surface area contributed by atoms with E-state index in [4.69, 9.17) is 0 Å². The van der Waals surface area contributed by atoms with Crippen molar-refractivity contribution in [2.24, 2.45) is 0 Å². The summed E-state index contributed by atoms with van der Waals surface area (Å²) in [5.41, 5.74) is 5.00. The number of fused-ring (bicyclic) bond motifs is 1. The van der Waals surface area contributed by atoms with Crippen LogP contribution in [0, 0.1) is 6.92 Å². The summed E-state index contributed by atoms with van der Waals surface area (Å²) in [6, 6.07) is 2.11. The second-order valence-corrected chi connectivity index (χ2v) is 6.60. The maximum Gasteiger partial charge on any atom is 0.130 e. The molecule has 1 saturated heterocycles. The first-order chi connectivity index (χ1) is 11.3. The van der Waals surface area contributed by atoms with Crippen LogP contribution in [0.25, 0.3) is 0 Å². The van der Waals surface area contributed by atoms with Crippen molar-refractivity contribution in [2.45, 2.75) is 51.5 Å². The van der Waals surface area contributed by atoms with Crippen molar-refractivity contribution in [3.05, 3.63) is 34.5 Å². The van der Waals surface area contributed by atoms with E-state index >= 15 is 0 Å². The third-order valence-electron chi connectivity index (χ3n) is 4.90. The van der Waals surface area contributed by atoms with Gasteiger partial charge in [-0.1, -0.05) is 0 Å². The van der Waals surface area contributed by atoms with Gasteiger partial charge >= 0.3 is 0 Å². The predicted molar refractivity (Wildman–Crippen MR) is 89.6 cm³/mol. The van der Waals surface area contributed by atoms with Crippen molar-refractivity contribution in [1.29, 1.82) is 0 Å². The van der Waals surface area contributed by atoms with Crippen LogP contribution < -0.4 is 10.6 Å². The number of hydrogen-bond acceptors (Lipinski definition) is 5. The van der Waals surface area contributed by atoms with Crippen LogP contribution in [-0.2, 0) is 19.4 Å². The van der Waals surface area contributed by atoms with Crippen LogP contribution in [-0.4, -0.2) is 33.3 Å². The molecule has 2 aromatic rings. The predicted octanol–water partition coefficient (Wildman–Crippen LogP) is 2.08. The van der Waals surface area contributed by atoms with Crippen LogP contribution in [0.5, 0.6) is 0 Å². The monoisotopic (exact) mass is 312 g/mol. The van der Waals surface area contributed by atoms with Crippen molar-refractivity contribution >= 4 is 5.82 Å². The lowest BCUT2D eigenvalue weighted by molar-refractivity contribution is 0.453. The molecular weight excluding hydrogens is 288 g/mol. The molecule has 0 bridgehead atoms. The van der Waals surface area contributed by atoms with E-state index in [0.29, 0.717) is 5.92 Å². The molecule has 2 aliphatic rings. The van der Waals surface area contributed by atoms with E-state index in [1.807, 2.05) is 6.92 Å². The number of aromatic nitrogens is 4. The van der Waals surface area contributed by atoms with Gasteiger partial charge < -0.3 is 10.6 Å². The van der Waals surface area contributed by atoms with Gasteiger partial charge in [0.2, 0.25) is 0 Å². The van der Waals surface area contributed by atoms with Crippen LogP contribution in [0.2, 0.25) is 0 Å². The maximum absolute atomic E-state index is 4.65. The molecule has 1 unspecified atom stereocenters. The van der Waals surface area contributed by atoms with Gasteiger partial charge in [0, 0.05) is 24.2 Å². The summed E-state index contributed by atoms with van der Waals surface area (Å²) in [6.07, 6.45) is 5.94. The molecule has 0 radical (unpaired) electrons. The minimum Gasteiger partial charge on any atom is -0.364 e. The quantitative estimate of drug-likeness (QED) is 0.805. The normalized spacial score (nSPS) is 20.5. The molecule has 1 aliphatic heterocycles. The van der Waals surface area contributed by atoms with E-state index in [1.165, 1.54) is 30.5 Å². The highest BCUT2D eigenvalue weighted by molar-refractivity contribution is 5.39. The summed E-state index contributed by atoms with van der Waals surface area (Å²) in [4.78, 5) is 9.19. The van der Waals surface area contributed by atoms with Crippen molar-refractivity contribution in [3.63, 3.8) is 0 Å². The largest absolute Gasteiger partial charge is 0.364 e. The van der Waals surface area contributed by atoms with Crippen LogP contribution in [0.3, 0.4) is 0 Å². The van der Waals surface area contributed by atoms with E-state index in [2.05, 4.69) is 36.9 Å². The lowest BCUT2D eigenvalue weighted by atomic mass is 9.96. The third-order valence-corrected chi connectivity index (χ3v) is 4.90. The van der Waals surface area contributed by atoms with Crippen LogP contribution >= 0.6 is 0 Å². The van der Waals surface area contributed by atoms with Gasteiger partial charge in [-0.2, -0.15) is 5.10 Å². The molecule has 0 amide bonds. The molecular formula is C17H24N6. The molecule has 122 valence electrons. The Balaban J connectivity index is 1.48. The molecule has 3 N–H and O–H groups in total. The third kappa shape index (κ3) is 3.08. The number of anilines is 1. The molecule has 6 heteroatoms. The van der Waals surface area contributed by atoms with E-state index in [-0.39, 0.29) is 0 Å². The second-order valence-electron chi connectivity index (χ2n) is 6.60. The zero-order chi connectivity index (χ0) is 15.6. The Bertz CT molecular complexity index is 686. The second kappa shape index (κ2) is 6.28. The zero-order valence-corrected chi connectivity index (χ0v) is 13.7. The Morgan fingerprint density at radius 3 is 3.09 bits per heavy atom. The molecule has 0 aromatic carbocycles. The summed E-state index contributed by atoms with van der Waals surface area (Å²) >= 11 is 0. The van der Waals surface area contributed by atoms with Crippen LogP contribution in [0.4, 0.5) is 5.82 Å². The van der Waals surface area contributed by atoms with Crippen LogP contribution in [0.1, 0.15) is 53.7 Å². The first kappa shape index (κ1) is 14.6. The number of H-pyrrole nitrogens is 1. The summed E-state index contributed by atoms with van der Waals surface area (Å²) in [5, 5.41) is 14.5. The Labute approximate surface area is 136 Å². The number of nitrogens with zero attached hydrogens (tertiary/aromatic N) is 3. The number of aromatic amines is 1. The lowest BCUT2D eigenvalue weighted by Gasteiger charge is -2.22. The van der Waals surface area contributed by atoms with Gasteiger partial charge in [0.1, 0.15) is 11.6 Å². The van der Waals surface area contributed by atoms with Gasteiger partial charge in [-0.25, -0.2) is 9.97 Å². The smallest absolute Gasteiger partial charge is 0.130 e. The highest BCUT2D eigenvalue weighted by atomic mass is 15.1. The van der Waals surface area contributed by atoms with Crippen molar-refractivity contribution < 1.29 is 0 Å². The SMILES string of the molecule is Cc1nc(NCc2n[nH]c3c2CCC3)cc(C2CCCNC2)n1. The minimum absolute atomic E-state index is 0.501. The fourth-order valence-electron chi connectivity index (χ4n) is 3.70. The number of hydrogen-bond donors (Lipinski definition) is 3. The number of aryl methyl sites for hydroxylation is 2. The molecule has 1 atom stereocenters.